The van der Waals surface area contributed by atoms with E-state index >= 15 is 0 Å². The van der Waals surface area contributed by atoms with E-state index in [1.165, 1.54) is 12.3 Å². The number of nitrogens with zero attached hydrogens (tertiary/aromatic N) is 6. The van der Waals surface area contributed by atoms with Crippen LogP contribution in [0.5, 0.6) is 5.75 Å². The zero-order chi connectivity index (χ0) is 23.2. The normalized spacial score (nSPS) is 13.7. The Kier molecular flexibility index (Phi) is 6.77. The first-order valence-corrected chi connectivity index (χ1v) is 10.7. The van der Waals surface area contributed by atoms with Gasteiger partial charge >= 0.3 is 0 Å². The van der Waals surface area contributed by atoms with E-state index in [0.29, 0.717) is 56.7 Å². The molecule has 33 heavy (non-hydrogen) atoms. The van der Waals surface area contributed by atoms with E-state index in [2.05, 4.69) is 15.1 Å². The third kappa shape index (κ3) is 5.43. The Labute approximate surface area is 190 Å². The minimum Gasteiger partial charge on any atom is -0.494 e. The molecule has 0 saturated carbocycles. The van der Waals surface area contributed by atoms with Gasteiger partial charge in [0.05, 0.1) is 11.5 Å². The van der Waals surface area contributed by atoms with E-state index in [0.717, 1.165) is 11.3 Å². The van der Waals surface area contributed by atoms with Crippen LogP contribution in [0.4, 0.5) is 11.5 Å². The van der Waals surface area contributed by atoms with Crippen molar-refractivity contribution >= 4 is 17.4 Å². The lowest BCUT2D eigenvalue weighted by molar-refractivity contribution is -0.385. The molecule has 2 aromatic heterocycles. The molecule has 1 amide bonds. The number of rotatable bonds is 8. The Balaban J connectivity index is 1.25. The van der Waals surface area contributed by atoms with Crippen molar-refractivity contribution in [2.45, 2.75) is 19.8 Å². The van der Waals surface area contributed by atoms with Gasteiger partial charge in [0.1, 0.15) is 17.8 Å². The second-order valence-electron chi connectivity index (χ2n) is 7.47. The van der Waals surface area contributed by atoms with Crippen molar-refractivity contribution in [3.8, 4) is 17.1 Å². The fourth-order valence-corrected chi connectivity index (χ4v) is 3.57. The monoisotopic (exact) mass is 452 g/mol. The topological polar surface area (TPSA) is 128 Å². The standard InChI is InChI=1S/C22H24N6O5/c1-2-32-18-6-3-16(4-7-18)22-24-20(33-25-22)9-10-21(29)27-13-11-26(12-14-27)19-8-5-17(15-23-19)28(30)31/h3-8,15H,2,9-14H2,1H3. The molecule has 4 rings (SSSR count). The van der Waals surface area contributed by atoms with Gasteiger partial charge in [-0.3, -0.25) is 14.9 Å². The predicted molar refractivity (Wildman–Crippen MR) is 119 cm³/mol. The summed E-state index contributed by atoms with van der Waals surface area (Å²) in [6.07, 6.45) is 1.90. The minimum atomic E-state index is -0.474. The highest BCUT2D eigenvalue weighted by Gasteiger charge is 2.23. The van der Waals surface area contributed by atoms with Crippen LogP contribution in [0.1, 0.15) is 19.2 Å². The van der Waals surface area contributed by atoms with Crippen LogP contribution in [-0.4, -0.2) is 63.6 Å². The predicted octanol–water partition coefficient (Wildman–Crippen LogP) is 2.72. The van der Waals surface area contributed by atoms with E-state index < -0.39 is 4.92 Å². The Morgan fingerprint density at radius 2 is 1.91 bits per heavy atom. The molecule has 0 bridgehead atoms. The Bertz CT molecular complexity index is 1090. The molecule has 11 heteroatoms. The fourth-order valence-electron chi connectivity index (χ4n) is 3.57. The minimum absolute atomic E-state index is 0.0205. The van der Waals surface area contributed by atoms with Crippen molar-refractivity contribution in [1.82, 2.24) is 20.0 Å². The molecular weight excluding hydrogens is 428 g/mol. The third-order valence-corrected chi connectivity index (χ3v) is 5.34. The molecule has 3 heterocycles. The van der Waals surface area contributed by atoms with Gasteiger partial charge in [0.25, 0.3) is 5.69 Å². The molecule has 1 saturated heterocycles. The average molecular weight is 452 g/mol. The molecule has 1 aromatic carbocycles. The summed E-state index contributed by atoms with van der Waals surface area (Å²) in [4.78, 5) is 35.3. The largest absolute Gasteiger partial charge is 0.494 e. The number of piperazine rings is 1. The number of ether oxygens (including phenoxy) is 1. The number of carbonyl (C=O) groups excluding carboxylic acids is 1. The summed E-state index contributed by atoms with van der Waals surface area (Å²) in [5.74, 6) is 2.36. The summed E-state index contributed by atoms with van der Waals surface area (Å²) < 4.78 is 10.7. The molecule has 0 radical (unpaired) electrons. The highest BCUT2D eigenvalue weighted by atomic mass is 16.6. The number of amides is 1. The molecule has 11 nitrogen and oxygen atoms in total. The van der Waals surface area contributed by atoms with Gasteiger partial charge in [-0.2, -0.15) is 4.98 Å². The highest BCUT2D eigenvalue weighted by Crippen LogP contribution is 2.21. The number of aromatic nitrogens is 3. The summed E-state index contributed by atoms with van der Waals surface area (Å²) in [5, 5.41) is 14.8. The maximum atomic E-state index is 12.6. The van der Waals surface area contributed by atoms with Crippen molar-refractivity contribution in [2.75, 3.05) is 37.7 Å². The van der Waals surface area contributed by atoms with Crippen LogP contribution >= 0.6 is 0 Å². The van der Waals surface area contributed by atoms with E-state index in [4.69, 9.17) is 9.26 Å². The molecule has 1 aliphatic heterocycles. The number of nitro groups is 1. The van der Waals surface area contributed by atoms with E-state index in [9.17, 15) is 14.9 Å². The zero-order valence-electron chi connectivity index (χ0n) is 18.2. The van der Waals surface area contributed by atoms with Crippen LogP contribution < -0.4 is 9.64 Å². The lowest BCUT2D eigenvalue weighted by atomic mass is 10.2. The van der Waals surface area contributed by atoms with E-state index in [1.807, 2.05) is 36.1 Å². The van der Waals surface area contributed by atoms with Crippen molar-refractivity contribution in [3.63, 3.8) is 0 Å². The fraction of sp³-hybridized carbons (Fsp3) is 0.364. The molecule has 0 aliphatic carbocycles. The van der Waals surface area contributed by atoms with Crippen LogP contribution in [0.2, 0.25) is 0 Å². The number of pyridine rings is 1. The van der Waals surface area contributed by atoms with Crippen LogP contribution in [0, 0.1) is 10.1 Å². The van der Waals surface area contributed by atoms with Gasteiger partial charge in [-0.05, 0) is 37.3 Å². The number of hydrogen-bond acceptors (Lipinski definition) is 9. The Morgan fingerprint density at radius 3 is 2.55 bits per heavy atom. The van der Waals surface area contributed by atoms with Crippen molar-refractivity contribution in [2.24, 2.45) is 0 Å². The Morgan fingerprint density at radius 1 is 1.15 bits per heavy atom. The third-order valence-electron chi connectivity index (χ3n) is 5.34. The maximum Gasteiger partial charge on any atom is 0.287 e. The molecule has 0 spiro atoms. The second-order valence-corrected chi connectivity index (χ2v) is 7.47. The molecule has 172 valence electrons. The van der Waals surface area contributed by atoms with Gasteiger partial charge in [-0.1, -0.05) is 5.16 Å². The van der Waals surface area contributed by atoms with Crippen LogP contribution in [-0.2, 0) is 11.2 Å². The summed E-state index contributed by atoms with van der Waals surface area (Å²) in [6, 6.07) is 10.5. The van der Waals surface area contributed by atoms with Gasteiger partial charge < -0.3 is 19.1 Å². The molecule has 0 N–H and O–H groups in total. The number of carbonyl (C=O) groups is 1. The second kappa shape index (κ2) is 10.1. The molecule has 0 atom stereocenters. The molecule has 1 fully saturated rings. The molecule has 3 aromatic rings. The van der Waals surface area contributed by atoms with E-state index in [-0.39, 0.29) is 18.0 Å². The van der Waals surface area contributed by atoms with Gasteiger partial charge in [-0.15, -0.1) is 0 Å². The first-order valence-electron chi connectivity index (χ1n) is 10.7. The SMILES string of the molecule is CCOc1ccc(-c2noc(CCC(=O)N3CCN(c4ccc([N+](=O)[O-])cn4)CC3)n2)cc1. The first kappa shape index (κ1) is 22.2. The molecular formula is C22H24N6O5. The summed E-state index contributed by atoms with van der Waals surface area (Å²) in [5.41, 5.74) is 0.773. The summed E-state index contributed by atoms with van der Waals surface area (Å²) in [6.45, 7) is 4.86. The van der Waals surface area contributed by atoms with Crippen molar-refractivity contribution < 1.29 is 19.0 Å². The molecule has 0 unspecified atom stereocenters. The molecule has 1 aliphatic rings. The van der Waals surface area contributed by atoms with E-state index in [1.54, 1.807) is 11.0 Å². The number of hydrogen-bond donors (Lipinski definition) is 0. The maximum absolute atomic E-state index is 12.6. The quantitative estimate of drug-likeness (QED) is 0.374. The van der Waals surface area contributed by atoms with Crippen LogP contribution in [0.15, 0.2) is 47.1 Å². The van der Waals surface area contributed by atoms with Gasteiger partial charge in [-0.25, -0.2) is 4.98 Å². The zero-order valence-corrected chi connectivity index (χ0v) is 18.2. The van der Waals surface area contributed by atoms with Gasteiger partial charge in [0.15, 0.2) is 0 Å². The van der Waals surface area contributed by atoms with Crippen molar-refractivity contribution in [1.29, 1.82) is 0 Å². The average Bonchev–Trinajstić information content (AvgIpc) is 3.32. The number of aryl methyl sites for hydroxylation is 1. The first-order chi connectivity index (χ1) is 16.0. The van der Waals surface area contributed by atoms with Gasteiger partial charge in [0, 0.05) is 50.7 Å². The Hall–Kier alpha value is -4.02. The lowest BCUT2D eigenvalue weighted by Gasteiger charge is -2.35. The summed E-state index contributed by atoms with van der Waals surface area (Å²) in [7, 11) is 0. The van der Waals surface area contributed by atoms with Crippen molar-refractivity contribution in [3.05, 3.63) is 58.6 Å². The van der Waals surface area contributed by atoms with Crippen LogP contribution in [0.3, 0.4) is 0 Å². The number of benzene rings is 1. The van der Waals surface area contributed by atoms with Crippen LogP contribution in [0.25, 0.3) is 11.4 Å². The highest BCUT2D eigenvalue weighted by molar-refractivity contribution is 5.76. The lowest BCUT2D eigenvalue weighted by Crippen LogP contribution is -2.49. The van der Waals surface area contributed by atoms with Gasteiger partial charge in [0.2, 0.25) is 17.6 Å². The number of anilines is 1. The smallest absolute Gasteiger partial charge is 0.287 e. The summed E-state index contributed by atoms with van der Waals surface area (Å²) >= 11 is 0.